The highest BCUT2D eigenvalue weighted by atomic mass is 32.1. The van der Waals surface area contributed by atoms with Gasteiger partial charge in [-0.2, -0.15) is 4.91 Å². The number of aromatic nitrogens is 3. The minimum absolute atomic E-state index is 0.139. The van der Waals surface area contributed by atoms with E-state index in [1.165, 1.54) is 17.0 Å². The number of hydrogen-bond donors (Lipinski definition) is 0. The minimum atomic E-state index is -0.395. The van der Waals surface area contributed by atoms with Crippen LogP contribution in [-0.2, 0) is 4.74 Å². The number of fused-ring (bicyclic) bond motifs is 1. The Kier molecular flexibility index (Phi) is 5.54. The zero-order valence-electron chi connectivity index (χ0n) is 16.7. The first-order chi connectivity index (χ1) is 14.8. The average Bonchev–Trinajstić information content (AvgIpc) is 3.34. The summed E-state index contributed by atoms with van der Waals surface area (Å²) >= 11 is 1.50. The summed E-state index contributed by atoms with van der Waals surface area (Å²) in [5, 5.41) is 7.18. The van der Waals surface area contributed by atoms with E-state index in [2.05, 4.69) is 48.1 Å². The van der Waals surface area contributed by atoms with Crippen molar-refractivity contribution in [1.82, 2.24) is 15.0 Å². The van der Waals surface area contributed by atoms with E-state index in [-0.39, 0.29) is 5.92 Å². The van der Waals surface area contributed by atoms with Crippen molar-refractivity contribution < 1.29 is 4.74 Å². The van der Waals surface area contributed by atoms with E-state index in [0.29, 0.717) is 0 Å². The molecule has 156 valence electrons. The van der Waals surface area contributed by atoms with Crippen molar-refractivity contribution in [2.24, 2.45) is 11.1 Å². The second-order valence-corrected chi connectivity index (χ2v) is 8.69. The highest BCUT2D eigenvalue weighted by Crippen LogP contribution is 2.36. The van der Waals surface area contributed by atoms with Crippen molar-refractivity contribution in [3.63, 3.8) is 0 Å². The van der Waals surface area contributed by atoms with Crippen LogP contribution in [0.5, 0.6) is 0 Å². The van der Waals surface area contributed by atoms with Gasteiger partial charge in [-0.05, 0) is 31.0 Å². The van der Waals surface area contributed by atoms with Crippen molar-refractivity contribution in [3.05, 3.63) is 46.0 Å². The van der Waals surface area contributed by atoms with Crippen LogP contribution in [0.4, 0.5) is 11.5 Å². The van der Waals surface area contributed by atoms with E-state index in [0.717, 1.165) is 74.0 Å². The minimum Gasteiger partial charge on any atom is -0.378 e. The Balaban J connectivity index is 1.41. The third-order valence-corrected chi connectivity index (χ3v) is 6.84. The van der Waals surface area contributed by atoms with Gasteiger partial charge in [0.05, 0.1) is 18.7 Å². The Labute approximate surface area is 178 Å². The number of nitroso groups, excluding NO2 is 1. The van der Waals surface area contributed by atoms with E-state index in [1.54, 1.807) is 12.5 Å². The van der Waals surface area contributed by atoms with Gasteiger partial charge in [-0.25, -0.2) is 15.0 Å². The molecule has 0 aliphatic carbocycles. The van der Waals surface area contributed by atoms with Crippen molar-refractivity contribution in [2.45, 2.75) is 18.9 Å². The lowest BCUT2D eigenvalue weighted by atomic mass is 9.91. The Morgan fingerprint density at radius 1 is 1.13 bits per heavy atom. The lowest BCUT2D eigenvalue weighted by molar-refractivity contribution is 0.122. The maximum absolute atomic E-state index is 11.6. The van der Waals surface area contributed by atoms with Crippen LogP contribution in [0.15, 0.2) is 41.3 Å². The Bertz CT molecular complexity index is 1010. The third-order valence-electron chi connectivity index (χ3n) is 6.00. The average molecular weight is 425 g/mol. The molecule has 30 heavy (non-hydrogen) atoms. The van der Waals surface area contributed by atoms with Gasteiger partial charge in [-0.1, -0.05) is 5.18 Å². The summed E-state index contributed by atoms with van der Waals surface area (Å²) in [6, 6.07) is 6.01. The fourth-order valence-corrected chi connectivity index (χ4v) is 5.23. The summed E-state index contributed by atoms with van der Waals surface area (Å²) in [4.78, 5) is 29.7. The first-order valence-electron chi connectivity index (χ1n) is 10.4. The zero-order chi connectivity index (χ0) is 20.3. The Morgan fingerprint density at radius 2 is 2.03 bits per heavy atom. The molecule has 2 unspecified atom stereocenters. The van der Waals surface area contributed by atoms with Gasteiger partial charge >= 0.3 is 0 Å². The van der Waals surface area contributed by atoms with Crippen LogP contribution in [0.2, 0.25) is 0 Å². The lowest BCUT2D eigenvalue weighted by Gasteiger charge is -2.35. The van der Waals surface area contributed by atoms with E-state index >= 15 is 0 Å². The standard InChI is InChI=1S/C21H24N6O2S/c28-25-19(21-22-5-11-30-21)15-2-1-6-27(13-15)20-17-4-3-16(12-18(17)23-14-24-20)26-7-9-29-10-8-26/h3-5,11-12,14-15,19H,1-2,6-10,13H2. The van der Waals surface area contributed by atoms with E-state index in [4.69, 9.17) is 4.74 Å². The van der Waals surface area contributed by atoms with Gasteiger partial charge < -0.3 is 14.5 Å². The molecule has 2 aliphatic rings. The molecule has 2 saturated heterocycles. The number of piperidine rings is 1. The molecule has 2 atom stereocenters. The molecule has 2 aromatic heterocycles. The molecular weight excluding hydrogens is 400 g/mol. The van der Waals surface area contributed by atoms with Gasteiger partial charge in [0.15, 0.2) is 0 Å². The van der Waals surface area contributed by atoms with E-state index in [9.17, 15) is 4.91 Å². The number of nitrogens with zero attached hydrogens (tertiary/aromatic N) is 6. The summed E-state index contributed by atoms with van der Waals surface area (Å²) in [7, 11) is 0. The molecule has 2 fully saturated rings. The van der Waals surface area contributed by atoms with Gasteiger partial charge in [-0.15, -0.1) is 11.3 Å². The number of anilines is 2. The number of thiazole rings is 1. The fourth-order valence-electron chi connectivity index (χ4n) is 4.47. The summed E-state index contributed by atoms with van der Waals surface area (Å²) in [5.74, 6) is 1.07. The topological polar surface area (TPSA) is 83.8 Å². The quantitative estimate of drug-likeness (QED) is 0.578. The molecule has 0 radical (unpaired) electrons. The smallest absolute Gasteiger partial charge is 0.148 e. The number of hydrogen-bond acceptors (Lipinski definition) is 9. The first kappa shape index (κ1) is 19.3. The largest absolute Gasteiger partial charge is 0.378 e. The van der Waals surface area contributed by atoms with Crippen molar-refractivity contribution in [1.29, 1.82) is 0 Å². The zero-order valence-corrected chi connectivity index (χ0v) is 17.5. The number of benzene rings is 1. The molecule has 5 rings (SSSR count). The molecule has 3 aromatic rings. The molecule has 8 nitrogen and oxygen atoms in total. The summed E-state index contributed by atoms with van der Waals surface area (Å²) in [5.41, 5.74) is 2.11. The highest BCUT2D eigenvalue weighted by Gasteiger charge is 2.32. The van der Waals surface area contributed by atoms with Crippen LogP contribution in [0.1, 0.15) is 23.9 Å². The number of rotatable bonds is 5. The normalized spacial score (nSPS) is 21.0. The summed E-state index contributed by atoms with van der Waals surface area (Å²) in [6.07, 6.45) is 5.35. The van der Waals surface area contributed by atoms with Gasteiger partial charge in [0, 0.05) is 54.7 Å². The van der Waals surface area contributed by atoms with Crippen LogP contribution in [0.3, 0.4) is 0 Å². The molecule has 0 amide bonds. The van der Waals surface area contributed by atoms with E-state index in [1.807, 2.05) is 5.38 Å². The predicted octanol–water partition coefficient (Wildman–Crippen LogP) is 3.65. The molecule has 4 heterocycles. The van der Waals surface area contributed by atoms with Gasteiger partial charge in [0.2, 0.25) is 0 Å². The van der Waals surface area contributed by atoms with Gasteiger partial charge in [-0.3, -0.25) is 0 Å². The lowest BCUT2D eigenvalue weighted by Crippen LogP contribution is -2.38. The number of morpholine rings is 1. The fraction of sp³-hybridized carbons (Fsp3) is 0.476. The second kappa shape index (κ2) is 8.61. The van der Waals surface area contributed by atoms with Gasteiger partial charge in [0.1, 0.15) is 23.2 Å². The SMILES string of the molecule is O=NC(c1nccs1)C1CCCN(c2ncnc3cc(N4CCOCC4)ccc23)C1. The van der Waals surface area contributed by atoms with Crippen molar-refractivity contribution in [3.8, 4) is 0 Å². The monoisotopic (exact) mass is 424 g/mol. The highest BCUT2D eigenvalue weighted by molar-refractivity contribution is 7.09. The molecule has 2 aliphatic heterocycles. The summed E-state index contributed by atoms with van der Waals surface area (Å²) in [6.45, 7) is 4.97. The summed E-state index contributed by atoms with van der Waals surface area (Å²) < 4.78 is 5.46. The van der Waals surface area contributed by atoms with Crippen molar-refractivity contribution in [2.75, 3.05) is 49.2 Å². The van der Waals surface area contributed by atoms with Crippen LogP contribution in [0, 0.1) is 10.8 Å². The third kappa shape index (κ3) is 3.75. The van der Waals surface area contributed by atoms with Gasteiger partial charge in [0.25, 0.3) is 0 Å². The van der Waals surface area contributed by atoms with Crippen molar-refractivity contribution >= 4 is 33.7 Å². The molecule has 9 heteroatoms. The van der Waals surface area contributed by atoms with Crippen LogP contribution >= 0.6 is 11.3 Å². The first-order valence-corrected chi connectivity index (χ1v) is 11.3. The molecule has 0 spiro atoms. The van der Waals surface area contributed by atoms with Crippen LogP contribution < -0.4 is 9.80 Å². The molecular formula is C21H24N6O2S. The maximum atomic E-state index is 11.6. The number of ether oxygens (including phenoxy) is 1. The molecule has 1 aromatic carbocycles. The van der Waals surface area contributed by atoms with Crippen LogP contribution in [0.25, 0.3) is 10.9 Å². The maximum Gasteiger partial charge on any atom is 0.148 e. The predicted molar refractivity (Wildman–Crippen MR) is 118 cm³/mol. The molecule has 0 bridgehead atoms. The Hall–Kier alpha value is -2.65. The van der Waals surface area contributed by atoms with Crippen LogP contribution in [-0.4, -0.2) is 54.3 Å². The van der Waals surface area contributed by atoms with E-state index < -0.39 is 6.04 Å². The molecule has 0 N–H and O–H groups in total. The Morgan fingerprint density at radius 3 is 2.83 bits per heavy atom. The molecule has 0 saturated carbocycles. The second-order valence-electron chi connectivity index (χ2n) is 7.77.